The van der Waals surface area contributed by atoms with Crippen molar-refractivity contribution in [1.29, 1.82) is 0 Å². The van der Waals surface area contributed by atoms with Crippen molar-refractivity contribution in [2.45, 2.75) is 291 Å². The van der Waals surface area contributed by atoms with Gasteiger partial charge in [0.2, 0.25) is 5.91 Å². The van der Waals surface area contributed by atoms with Crippen molar-refractivity contribution >= 4 is 5.91 Å². The highest BCUT2D eigenvalue weighted by Gasteiger charge is 2.53. The predicted molar refractivity (Wildman–Crippen MR) is 305 cm³/mol. The van der Waals surface area contributed by atoms with E-state index < -0.39 is 124 Å². The summed E-state index contributed by atoms with van der Waals surface area (Å²) >= 11 is 0. The van der Waals surface area contributed by atoms with Gasteiger partial charge >= 0.3 is 0 Å². The van der Waals surface area contributed by atoms with E-state index >= 15 is 0 Å². The number of carbonyl (C=O) groups is 1. The maximum atomic E-state index is 13.3. The Bertz CT molecular complexity index is 1700. The topological polar surface area (TPSA) is 307 Å². The lowest BCUT2D eigenvalue weighted by atomic mass is 9.96. The third kappa shape index (κ3) is 27.5. The molecule has 464 valence electrons. The lowest BCUT2D eigenvalue weighted by molar-refractivity contribution is -0.379. The Morgan fingerprint density at radius 3 is 1.34 bits per heavy atom. The van der Waals surface area contributed by atoms with Crippen LogP contribution in [0.25, 0.3) is 0 Å². The maximum absolute atomic E-state index is 13.3. The first-order valence-electron chi connectivity index (χ1n) is 30.5. The third-order valence-corrected chi connectivity index (χ3v) is 15.0. The second-order valence-corrected chi connectivity index (χ2v) is 21.8. The Kier molecular flexibility index (Phi) is 39.5. The molecule has 3 saturated heterocycles. The average molecular weight is 1140 g/mol. The van der Waals surface area contributed by atoms with Crippen molar-refractivity contribution in [2.24, 2.45) is 0 Å². The average Bonchev–Trinajstić information content (AvgIpc) is 3.45. The van der Waals surface area contributed by atoms with E-state index in [0.29, 0.717) is 12.8 Å². The summed E-state index contributed by atoms with van der Waals surface area (Å²) in [7, 11) is 0. The number of amides is 1. The number of allylic oxidation sites excluding steroid dienone is 9. The Morgan fingerprint density at radius 2 is 0.838 bits per heavy atom. The molecule has 3 heterocycles. The van der Waals surface area contributed by atoms with Gasteiger partial charge in [-0.25, -0.2) is 0 Å². The number of aliphatic hydroxyl groups excluding tert-OH is 11. The number of aliphatic hydroxyl groups is 11. The van der Waals surface area contributed by atoms with Gasteiger partial charge in [-0.3, -0.25) is 4.79 Å². The van der Waals surface area contributed by atoms with Crippen LogP contribution in [0, 0.1) is 0 Å². The number of ether oxygens (including phenoxy) is 6. The normalized spacial score (nSPS) is 30.4. The summed E-state index contributed by atoms with van der Waals surface area (Å²) in [6, 6.07) is -0.998. The first-order valence-corrected chi connectivity index (χ1v) is 30.5. The molecule has 3 rings (SSSR count). The van der Waals surface area contributed by atoms with Gasteiger partial charge in [-0.05, 0) is 70.6 Å². The molecule has 0 bridgehead atoms. The van der Waals surface area contributed by atoms with Crippen LogP contribution in [0.15, 0.2) is 60.8 Å². The van der Waals surface area contributed by atoms with Crippen molar-refractivity contribution in [3.63, 3.8) is 0 Å². The van der Waals surface area contributed by atoms with Crippen molar-refractivity contribution in [3.8, 4) is 0 Å². The fraction of sp³-hybridized carbons (Fsp3) is 0.820. The SMILES string of the molecule is CCCCCCC/C=C\C/C=C\C/C=C\CCCCCCCCC(=O)NC(COC1OC(CO)C(OC2OC(CO)C(OC3OC(CO)C(O)C(O)C3O)C(O)C2O)C(O)C1O)C(O)/C=C/CC/C=C/CCCCCCCCCC. The van der Waals surface area contributed by atoms with Crippen molar-refractivity contribution < 1.29 is 89.4 Å². The summed E-state index contributed by atoms with van der Waals surface area (Å²) in [6.07, 6.45) is 23.4. The van der Waals surface area contributed by atoms with Gasteiger partial charge in [-0.15, -0.1) is 0 Å². The first kappa shape index (κ1) is 71.8. The van der Waals surface area contributed by atoms with E-state index in [1.54, 1.807) is 6.08 Å². The highest BCUT2D eigenvalue weighted by molar-refractivity contribution is 5.76. The van der Waals surface area contributed by atoms with Crippen LogP contribution >= 0.6 is 0 Å². The van der Waals surface area contributed by atoms with Gasteiger partial charge in [0.1, 0.15) is 73.2 Å². The number of nitrogens with one attached hydrogen (secondary N) is 1. The second-order valence-electron chi connectivity index (χ2n) is 21.8. The molecule has 17 atom stereocenters. The molecule has 19 nitrogen and oxygen atoms in total. The molecule has 0 aliphatic carbocycles. The molecule has 3 aliphatic heterocycles. The summed E-state index contributed by atoms with van der Waals surface area (Å²) in [5, 5.41) is 120. The molecule has 0 spiro atoms. The molecule has 0 aromatic carbocycles. The van der Waals surface area contributed by atoms with Gasteiger partial charge in [-0.2, -0.15) is 0 Å². The minimum absolute atomic E-state index is 0.218. The van der Waals surface area contributed by atoms with Crippen LogP contribution < -0.4 is 5.32 Å². The third-order valence-electron chi connectivity index (χ3n) is 15.0. The monoisotopic (exact) mass is 1140 g/mol. The van der Waals surface area contributed by atoms with Crippen LogP contribution in [0.3, 0.4) is 0 Å². The lowest BCUT2D eigenvalue weighted by Gasteiger charge is -2.48. The molecule has 0 radical (unpaired) electrons. The predicted octanol–water partition coefficient (Wildman–Crippen LogP) is 5.65. The van der Waals surface area contributed by atoms with E-state index in [2.05, 4.69) is 67.8 Å². The molecular weight excluding hydrogens is 1030 g/mol. The van der Waals surface area contributed by atoms with E-state index in [1.165, 1.54) is 83.5 Å². The zero-order chi connectivity index (χ0) is 58.3. The van der Waals surface area contributed by atoms with Crippen LogP contribution in [0.4, 0.5) is 0 Å². The standard InChI is InChI=1S/C61H107NO18/c1-3-5-7-9-11-13-15-17-19-20-21-22-23-24-25-27-29-31-33-35-37-39-49(67)62-44(45(66)38-36-34-32-30-28-26-18-16-14-12-10-8-6-4-2)43-75-59-55(73)52(70)57(47(41-64)77-59)80-61-56(74)53(71)58(48(42-65)78-61)79-60-54(72)51(69)50(68)46(40-63)76-60/h15,17,20-21,23-24,28,30,36,38,44-48,50-61,63-66,68-74H,3-14,16,18-19,22,25-27,29,31-35,37,39-43H2,1-2H3,(H,62,67)/b17-15-,21-20-,24-23-,30-28+,38-36+. The van der Waals surface area contributed by atoms with Crippen LogP contribution in [0.2, 0.25) is 0 Å². The van der Waals surface area contributed by atoms with Gasteiger partial charge in [0.15, 0.2) is 18.9 Å². The fourth-order valence-corrected chi connectivity index (χ4v) is 9.98. The molecule has 12 N–H and O–H groups in total. The number of carbonyl (C=O) groups excluding carboxylic acids is 1. The Hall–Kier alpha value is -2.51. The van der Waals surface area contributed by atoms with E-state index in [4.69, 9.17) is 28.4 Å². The molecule has 17 unspecified atom stereocenters. The Labute approximate surface area is 477 Å². The number of hydrogen-bond donors (Lipinski definition) is 12. The van der Waals surface area contributed by atoms with E-state index in [1.807, 2.05) is 6.08 Å². The van der Waals surface area contributed by atoms with Gasteiger partial charge in [0, 0.05) is 6.42 Å². The van der Waals surface area contributed by atoms with Gasteiger partial charge in [0.25, 0.3) is 0 Å². The van der Waals surface area contributed by atoms with Crippen molar-refractivity contribution in [3.05, 3.63) is 60.8 Å². The molecule has 19 heteroatoms. The van der Waals surface area contributed by atoms with Crippen LogP contribution in [-0.2, 0) is 33.2 Å². The quantitative estimate of drug-likeness (QED) is 0.0259. The highest BCUT2D eigenvalue weighted by Crippen LogP contribution is 2.33. The minimum atomic E-state index is -1.98. The van der Waals surface area contributed by atoms with Crippen LogP contribution in [0.1, 0.15) is 187 Å². The molecule has 0 saturated carbocycles. The highest BCUT2D eigenvalue weighted by atomic mass is 16.8. The number of hydrogen-bond acceptors (Lipinski definition) is 18. The molecule has 1 amide bonds. The molecule has 0 aromatic rings. The summed E-state index contributed by atoms with van der Waals surface area (Å²) in [5.74, 6) is -0.301. The van der Waals surface area contributed by atoms with E-state index in [0.717, 1.165) is 70.6 Å². The van der Waals surface area contributed by atoms with E-state index in [-0.39, 0.29) is 18.9 Å². The zero-order valence-electron chi connectivity index (χ0n) is 48.3. The number of rotatable bonds is 44. The molecular formula is C61H107NO18. The van der Waals surface area contributed by atoms with Gasteiger partial charge in [0.05, 0.1) is 38.6 Å². The van der Waals surface area contributed by atoms with Crippen molar-refractivity contribution in [2.75, 3.05) is 26.4 Å². The first-order chi connectivity index (χ1) is 38.8. The zero-order valence-corrected chi connectivity index (χ0v) is 48.3. The summed E-state index contributed by atoms with van der Waals surface area (Å²) < 4.78 is 34.2. The largest absolute Gasteiger partial charge is 0.394 e. The Morgan fingerprint density at radius 1 is 0.450 bits per heavy atom. The summed E-state index contributed by atoms with van der Waals surface area (Å²) in [4.78, 5) is 13.3. The van der Waals surface area contributed by atoms with E-state index in [9.17, 15) is 61.0 Å². The minimum Gasteiger partial charge on any atom is -0.394 e. The Balaban J connectivity index is 1.51. The van der Waals surface area contributed by atoms with Crippen LogP contribution in [-0.4, -0.2) is 193 Å². The second kappa shape index (κ2) is 44.0. The summed E-state index contributed by atoms with van der Waals surface area (Å²) in [5.41, 5.74) is 0. The molecule has 0 aromatic heterocycles. The molecule has 80 heavy (non-hydrogen) atoms. The maximum Gasteiger partial charge on any atom is 0.220 e. The lowest BCUT2D eigenvalue weighted by Crippen LogP contribution is -2.66. The fourth-order valence-electron chi connectivity index (χ4n) is 9.98. The summed E-state index contributed by atoms with van der Waals surface area (Å²) in [6.45, 7) is 1.66. The number of unbranched alkanes of at least 4 members (excludes halogenated alkanes) is 20. The van der Waals surface area contributed by atoms with Gasteiger partial charge in [-0.1, -0.05) is 171 Å². The molecule has 3 fully saturated rings. The van der Waals surface area contributed by atoms with Crippen LogP contribution in [0.5, 0.6) is 0 Å². The smallest absolute Gasteiger partial charge is 0.220 e. The molecule has 3 aliphatic rings. The van der Waals surface area contributed by atoms with Gasteiger partial charge < -0.3 is 89.9 Å². The van der Waals surface area contributed by atoms with Crippen molar-refractivity contribution in [1.82, 2.24) is 5.32 Å².